The molecule has 0 heterocycles. The number of carbonyl (C=O) groups excluding carboxylic acids is 1. The molecule has 0 aliphatic carbocycles. The highest BCUT2D eigenvalue weighted by atomic mass is 16.5. The summed E-state index contributed by atoms with van der Waals surface area (Å²) in [6, 6.07) is 0. The molecule has 1 atom stereocenters. The number of unbranched alkanes of at least 4 members (excludes halogenated alkanes) is 24. The van der Waals surface area contributed by atoms with E-state index in [0.29, 0.717) is 12.8 Å². The Labute approximate surface area is 268 Å². The van der Waals surface area contributed by atoms with Crippen LogP contribution >= 0.6 is 0 Å². The highest BCUT2D eigenvalue weighted by Gasteiger charge is 2.14. The second-order valence-corrected chi connectivity index (χ2v) is 13.1. The van der Waals surface area contributed by atoms with Gasteiger partial charge >= 0.3 is 11.9 Å². The average molecular weight is 607 g/mol. The van der Waals surface area contributed by atoms with Crippen molar-refractivity contribution in [1.29, 1.82) is 0 Å². The van der Waals surface area contributed by atoms with E-state index >= 15 is 0 Å². The van der Waals surface area contributed by atoms with E-state index in [2.05, 4.69) is 26.0 Å². The van der Waals surface area contributed by atoms with Crippen molar-refractivity contribution >= 4 is 11.9 Å². The Hall–Kier alpha value is -1.32. The molecular formula is C39H74O4. The SMILES string of the molecule is CCCCCC/C=C\CCCCCCCCC(=O)OC(CCCCCCCC)CCCCCCCCCCCCC(=O)O. The summed E-state index contributed by atoms with van der Waals surface area (Å²) in [5, 5.41) is 8.70. The van der Waals surface area contributed by atoms with E-state index in [-0.39, 0.29) is 12.1 Å². The lowest BCUT2D eigenvalue weighted by Crippen LogP contribution is -2.18. The maximum atomic E-state index is 12.6. The predicted molar refractivity (Wildman–Crippen MR) is 186 cm³/mol. The summed E-state index contributed by atoms with van der Waals surface area (Å²) in [7, 11) is 0. The number of ether oxygens (including phenoxy) is 1. The van der Waals surface area contributed by atoms with Crippen LogP contribution in [0.2, 0.25) is 0 Å². The Morgan fingerprint density at radius 2 is 0.837 bits per heavy atom. The van der Waals surface area contributed by atoms with Gasteiger partial charge in [-0.25, -0.2) is 0 Å². The van der Waals surface area contributed by atoms with Gasteiger partial charge in [0, 0.05) is 12.8 Å². The van der Waals surface area contributed by atoms with E-state index in [1.54, 1.807) is 0 Å². The van der Waals surface area contributed by atoms with Crippen molar-refractivity contribution in [2.24, 2.45) is 0 Å². The summed E-state index contributed by atoms with van der Waals surface area (Å²) in [5.74, 6) is -0.643. The smallest absolute Gasteiger partial charge is 0.306 e. The van der Waals surface area contributed by atoms with Crippen LogP contribution in [0.4, 0.5) is 0 Å². The van der Waals surface area contributed by atoms with Crippen LogP contribution < -0.4 is 0 Å². The fourth-order valence-corrected chi connectivity index (χ4v) is 5.89. The molecule has 0 bridgehead atoms. The molecule has 254 valence electrons. The number of carboxylic acids is 1. The minimum atomic E-state index is -0.674. The van der Waals surface area contributed by atoms with Crippen LogP contribution in [0.3, 0.4) is 0 Å². The van der Waals surface area contributed by atoms with E-state index in [4.69, 9.17) is 9.84 Å². The molecule has 0 fully saturated rings. The number of carbonyl (C=O) groups is 2. The highest BCUT2D eigenvalue weighted by molar-refractivity contribution is 5.69. The van der Waals surface area contributed by atoms with Crippen molar-refractivity contribution in [3.8, 4) is 0 Å². The first-order valence-corrected chi connectivity index (χ1v) is 19.2. The summed E-state index contributed by atoms with van der Waals surface area (Å²) in [6.07, 6.45) is 42.4. The Bertz CT molecular complexity index is 614. The molecule has 0 saturated heterocycles. The second kappa shape index (κ2) is 35.2. The number of aliphatic carboxylic acids is 1. The molecule has 0 saturated carbocycles. The summed E-state index contributed by atoms with van der Waals surface area (Å²) in [5.41, 5.74) is 0. The lowest BCUT2D eigenvalue weighted by Gasteiger charge is -2.18. The summed E-state index contributed by atoms with van der Waals surface area (Å²) in [6.45, 7) is 4.53. The van der Waals surface area contributed by atoms with Crippen LogP contribution in [-0.2, 0) is 14.3 Å². The number of hydrogen-bond donors (Lipinski definition) is 1. The molecule has 0 spiro atoms. The molecule has 4 heteroatoms. The maximum absolute atomic E-state index is 12.6. The fraction of sp³-hybridized carbons (Fsp3) is 0.897. The van der Waals surface area contributed by atoms with Crippen LogP contribution in [0, 0.1) is 0 Å². The number of esters is 1. The predicted octanol–water partition coefficient (Wildman–Crippen LogP) is 13.1. The Balaban J connectivity index is 3.94. The van der Waals surface area contributed by atoms with Gasteiger partial charge in [-0.05, 0) is 64.2 Å². The maximum Gasteiger partial charge on any atom is 0.306 e. The molecule has 0 rings (SSSR count). The van der Waals surface area contributed by atoms with Crippen LogP contribution in [0.15, 0.2) is 12.2 Å². The Morgan fingerprint density at radius 1 is 0.488 bits per heavy atom. The minimum absolute atomic E-state index is 0.0309. The van der Waals surface area contributed by atoms with E-state index < -0.39 is 5.97 Å². The second-order valence-electron chi connectivity index (χ2n) is 13.1. The lowest BCUT2D eigenvalue weighted by molar-refractivity contribution is -0.150. The first-order valence-electron chi connectivity index (χ1n) is 19.2. The van der Waals surface area contributed by atoms with Gasteiger partial charge in [0.25, 0.3) is 0 Å². The van der Waals surface area contributed by atoms with E-state index in [0.717, 1.165) is 51.4 Å². The molecule has 0 aromatic rings. The largest absolute Gasteiger partial charge is 0.481 e. The molecule has 0 aliphatic rings. The van der Waals surface area contributed by atoms with Crippen molar-refractivity contribution in [3.63, 3.8) is 0 Å². The summed E-state index contributed by atoms with van der Waals surface area (Å²) in [4.78, 5) is 23.2. The van der Waals surface area contributed by atoms with E-state index in [9.17, 15) is 9.59 Å². The van der Waals surface area contributed by atoms with Gasteiger partial charge < -0.3 is 9.84 Å². The average Bonchev–Trinajstić information content (AvgIpc) is 2.99. The van der Waals surface area contributed by atoms with Crippen LogP contribution in [0.1, 0.15) is 219 Å². The van der Waals surface area contributed by atoms with Gasteiger partial charge in [0.2, 0.25) is 0 Å². The van der Waals surface area contributed by atoms with Crippen LogP contribution in [-0.4, -0.2) is 23.1 Å². The number of carboxylic acid groups (broad SMARTS) is 1. The molecule has 0 aromatic carbocycles. The first kappa shape index (κ1) is 41.7. The van der Waals surface area contributed by atoms with Crippen molar-refractivity contribution < 1.29 is 19.4 Å². The summed E-state index contributed by atoms with van der Waals surface area (Å²) >= 11 is 0. The Kier molecular flexibility index (Phi) is 34.1. The van der Waals surface area contributed by atoms with Crippen molar-refractivity contribution in [3.05, 3.63) is 12.2 Å². The fourth-order valence-electron chi connectivity index (χ4n) is 5.89. The van der Waals surface area contributed by atoms with Gasteiger partial charge in [-0.2, -0.15) is 0 Å². The lowest BCUT2D eigenvalue weighted by atomic mass is 10.0. The molecule has 0 amide bonds. The van der Waals surface area contributed by atoms with Gasteiger partial charge in [-0.3, -0.25) is 9.59 Å². The normalized spacial score (nSPS) is 12.2. The van der Waals surface area contributed by atoms with Gasteiger partial charge in [0.1, 0.15) is 6.10 Å². The highest BCUT2D eigenvalue weighted by Crippen LogP contribution is 2.19. The minimum Gasteiger partial charge on any atom is -0.481 e. The van der Waals surface area contributed by atoms with Gasteiger partial charge in [0.15, 0.2) is 0 Å². The van der Waals surface area contributed by atoms with Crippen LogP contribution in [0.25, 0.3) is 0 Å². The molecule has 0 aromatic heterocycles. The Morgan fingerprint density at radius 3 is 1.28 bits per heavy atom. The van der Waals surface area contributed by atoms with Crippen molar-refractivity contribution in [2.45, 2.75) is 225 Å². The first-order chi connectivity index (χ1) is 21.1. The third kappa shape index (κ3) is 35.0. The third-order valence-corrected chi connectivity index (χ3v) is 8.74. The zero-order valence-electron chi connectivity index (χ0n) is 29.0. The molecule has 1 unspecified atom stereocenters. The van der Waals surface area contributed by atoms with E-state index in [1.807, 2.05) is 0 Å². The molecule has 43 heavy (non-hydrogen) atoms. The molecule has 0 radical (unpaired) electrons. The van der Waals surface area contributed by atoms with Crippen molar-refractivity contribution in [2.75, 3.05) is 0 Å². The summed E-state index contributed by atoms with van der Waals surface area (Å²) < 4.78 is 6.01. The van der Waals surface area contributed by atoms with Crippen LogP contribution in [0.5, 0.6) is 0 Å². The number of rotatable bonds is 35. The topological polar surface area (TPSA) is 63.6 Å². The van der Waals surface area contributed by atoms with Gasteiger partial charge in [-0.15, -0.1) is 0 Å². The monoisotopic (exact) mass is 607 g/mol. The van der Waals surface area contributed by atoms with Crippen molar-refractivity contribution in [1.82, 2.24) is 0 Å². The third-order valence-electron chi connectivity index (χ3n) is 8.74. The standard InChI is InChI=1S/C39H74O4/c1-3-5-7-9-11-12-13-14-15-16-21-24-28-32-36-39(42)43-37(33-29-25-10-8-6-4-2)34-30-26-22-19-17-18-20-23-27-31-35-38(40)41/h12-13,37H,3-11,14-36H2,1-2H3,(H,40,41)/b13-12-. The zero-order valence-corrected chi connectivity index (χ0v) is 29.0. The zero-order chi connectivity index (χ0) is 31.5. The molecular weight excluding hydrogens is 532 g/mol. The van der Waals surface area contributed by atoms with Gasteiger partial charge in [-0.1, -0.05) is 154 Å². The number of allylic oxidation sites excluding steroid dienone is 2. The molecule has 4 nitrogen and oxygen atoms in total. The molecule has 0 aliphatic heterocycles. The quantitative estimate of drug-likeness (QED) is 0.0443. The van der Waals surface area contributed by atoms with Gasteiger partial charge in [0.05, 0.1) is 0 Å². The van der Waals surface area contributed by atoms with E-state index in [1.165, 1.54) is 141 Å². The number of hydrogen-bond acceptors (Lipinski definition) is 3. The molecule has 1 N–H and O–H groups in total.